The number of hydrogen-bond donors (Lipinski definition) is 0. The molecule has 0 aliphatic heterocycles. The van der Waals surface area contributed by atoms with Crippen molar-refractivity contribution < 1.29 is 14.3 Å². The van der Waals surface area contributed by atoms with Crippen LogP contribution >= 0.6 is 11.3 Å². The highest BCUT2D eigenvalue weighted by Crippen LogP contribution is 2.34. The molecular weight excluding hydrogens is 328 g/mol. The zero-order valence-corrected chi connectivity index (χ0v) is 14.8. The Labute approximate surface area is 142 Å². The summed E-state index contributed by atoms with van der Waals surface area (Å²) in [6.45, 7) is 2.54. The Bertz CT molecular complexity index is 968. The highest BCUT2D eigenvalue weighted by Gasteiger charge is 2.15. The standard InChI is InChI=1S/C16H18N4O3S/c1-5-20-10(8-9-17-20)15(21)18-16-19(2)13-11(22-3)6-7-12(23-4)14(13)24-16/h6-9H,5H2,1-4H3. The number of carbonyl (C=O) groups excluding carboxylic acids is 1. The molecule has 3 aromatic rings. The lowest BCUT2D eigenvalue weighted by Gasteiger charge is -2.06. The second-order valence-electron chi connectivity index (χ2n) is 5.04. The van der Waals surface area contributed by atoms with E-state index in [-0.39, 0.29) is 5.91 Å². The van der Waals surface area contributed by atoms with Crippen LogP contribution in [-0.2, 0) is 13.6 Å². The van der Waals surface area contributed by atoms with Crippen molar-refractivity contribution in [3.8, 4) is 11.5 Å². The first-order valence-corrected chi connectivity index (χ1v) is 8.23. The molecule has 1 aromatic carbocycles. The predicted molar refractivity (Wildman–Crippen MR) is 91.7 cm³/mol. The van der Waals surface area contributed by atoms with Crippen molar-refractivity contribution in [3.63, 3.8) is 0 Å². The second kappa shape index (κ2) is 6.48. The molecule has 0 spiro atoms. The van der Waals surface area contributed by atoms with Gasteiger partial charge in [-0.05, 0) is 25.1 Å². The van der Waals surface area contributed by atoms with E-state index in [2.05, 4.69) is 10.1 Å². The average Bonchev–Trinajstić information content (AvgIpc) is 3.19. The minimum atomic E-state index is -0.325. The number of rotatable bonds is 4. The summed E-state index contributed by atoms with van der Waals surface area (Å²) in [5.41, 5.74) is 1.31. The Morgan fingerprint density at radius 1 is 1.25 bits per heavy atom. The molecule has 24 heavy (non-hydrogen) atoms. The van der Waals surface area contributed by atoms with Crippen molar-refractivity contribution in [3.05, 3.63) is 34.9 Å². The molecule has 0 atom stereocenters. The van der Waals surface area contributed by atoms with Crippen LogP contribution in [0.2, 0.25) is 0 Å². The van der Waals surface area contributed by atoms with Crippen LogP contribution in [0.4, 0.5) is 0 Å². The van der Waals surface area contributed by atoms with Gasteiger partial charge in [-0.1, -0.05) is 11.3 Å². The number of nitrogens with zero attached hydrogens (tertiary/aromatic N) is 4. The topological polar surface area (TPSA) is 70.6 Å². The highest BCUT2D eigenvalue weighted by molar-refractivity contribution is 7.16. The normalized spacial score (nSPS) is 11.9. The third kappa shape index (κ3) is 2.58. The van der Waals surface area contributed by atoms with Crippen molar-refractivity contribution in [1.82, 2.24) is 14.3 Å². The van der Waals surface area contributed by atoms with Crippen LogP contribution in [0.15, 0.2) is 29.4 Å². The number of hydrogen-bond acceptors (Lipinski definition) is 5. The van der Waals surface area contributed by atoms with Crippen LogP contribution in [-0.4, -0.2) is 34.5 Å². The van der Waals surface area contributed by atoms with E-state index in [0.29, 0.717) is 22.8 Å². The van der Waals surface area contributed by atoms with E-state index in [1.165, 1.54) is 11.3 Å². The first-order chi connectivity index (χ1) is 11.6. The Hall–Kier alpha value is -2.61. The van der Waals surface area contributed by atoms with Gasteiger partial charge in [0, 0.05) is 19.8 Å². The lowest BCUT2D eigenvalue weighted by Crippen LogP contribution is -2.15. The quantitative estimate of drug-likeness (QED) is 0.726. The smallest absolute Gasteiger partial charge is 0.297 e. The number of aromatic nitrogens is 3. The lowest BCUT2D eigenvalue weighted by molar-refractivity contribution is 0.0988. The molecule has 0 unspecified atom stereocenters. The SMILES string of the molecule is CCn1nccc1C(=O)N=c1sc2c(OC)ccc(OC)c2n1C. The summed E-state index contributed by atoms with van der Waals surface area (Å²) in [7, 11) is 5.08. The van der Waals surface area contributed by atoms with Gasteiger partial charge in [0.1, 0.15) is 27.4 Å². The fraction of sp³-hybridized carbons (Fsp3) is 0.312. The first kappa shape index (κ1) is 16.3. The van der Waals surface area contributed by atoms with E-state index in [1.54, 1.807) is 31.2 Å². The minimum Gasteiger partial charge on any atom is -0.495 e. The van der Waals surface area contributed by atoms with Crippen LogP contribution in [0, 0.1) is 0 Å². The fourth-order valence-electron chi connectivity index (χ4n) is 2.54. The van der Waals surface area contributed by atoms with Crippen LogP contribution in [0.1, 0.15) is 17.4 Å². The number of aryl methyl sites for hydroxylation is 2. The van der Waals surface area contributed by atoms with Crippen LogP contribution in [0.5, 0.6) is 11.5 Å². The van der Waals surface area contributed by atoms with E-state index in [0.717, 1.165) is 16.0 Å². The molecule has 8 heteroatoms. The average molecular weight is 346 g/mol. The Morgan fingerprint density at radius 3 is 2.62 bits per heavy atom. The molecule has 0 aliphatic rings. The summed E-state index contributed by atoms with van der Waals surface area (Å²) in [4.78, 5) is 17.3. The Kier molecular flexibility index (Phi) is 4.39. The van der Waals surface area contributed by atoms with Gasteiger partial charge in [-0.3, -0.25) is 9.48 Å². The van der Waals surface area contributed by atoms with Crippen LogP contribution in [0.25, 0.3) is 10.2 Å². The monoisotopic (exact) mass is 346 g/mol. The molecule has 3 rings (SSSR count). The number of ether oxygens (including phenoxy) is 2. The zero-order chi connectivity index (χ0) is 17.3. The van der Waals surface area contributed by atoms with E-state index in [9.17, 15) is 4.79 Å². The maximum absolute atomic E-state index is 12.5. The minimum absolute atomic E-state index is 0.325. The van der Waals surface area contributed by atoms with E-state index in [4.69, 9.17) is 9.47 Å². The number of thiazole rings is 1. The number of fused-ring (bicyclic) bond motifs is 1. The fourth-order valence-corrected chi connectivity index (χ4v) is 3.67. The number of carbonyl (C=O) groups is 1. The molecule has 0 fully saturated rings. The highest BCUT2D eigenvalue weighted by atomic mass is 32.1. The molecule has 2 aromatic heterocycles. The largest absolute Gasteiger partial charge is 0.495 e. The maximum atomic E-state index is 12.5. The molecule has 2 heterocycles. The van der Waals surface area contributed by atoms with Crippen molar-refractivity contribution in [2.45, 2.75) is 13.5 Å². The van der Waals surface area contributed by atoms with Gasteiger partial charge < -0.3 is 14.0 Å². The van der Waals surface area contributed by atoms with Gasteiger partial charge in [-0.15, -0.1) is 0 Å². The number of methoxy groups -OCH3 is 2. The van der Waals surface area contributed by atoms with Gasteiger partial charge in [-0.2, -0.15) is 10.1 Å². The molecule has 1 amide bonds. The Morgan fingerprint density at radius 2 is 1.96 bits per heavy atom. The molecule has 0 N–H and O–H groups in total. The van der Waals surface area contributed by atoms with Gasteiger partial charge >= 0.3 is 0 Å². The molecule has 0 bridgehead atoms. The van der Waals surface area contributed by atoms with E-state index >= 15 is 0 Å². The number of amides is 1. The third-order valence-corrected chi connectivity index (χ3v) is 4.89. The van der Waals surface area contributed by atoms with Gasteiger partial charge in [0.05, 0.1) is 14.2 Å². The molecule has 0 saturated heterocycles. The van der Waals surface area contributed by atoms with Gasteiger partial charge in [-0.25, -0.2) is 0 Å². The molecule has 126 valence electrons. The summed E-state index contributed by atoms with van der Waals surface area (Å²) < 4.78 is 15.2. The van der Waals surface area contributed by atoms with Gasteiger partial charge in [0.15, 0.2) is 4.80 Å². The molecule has 0 saturated carbocycles. The van der Waals surface area contributed by atoms with Crippen molar-refractivity contribution in [2.75, 3.05) is 14.2 Å². The third-order valence-electron chi connectivity index (χ3n) is 3.75. The summed E-state index contributed by atoms with van der Waals surface area (Å²) in [5, 5.41) is 4.11. The summed E-state index contributed by atoms with van der Waals surface area (Å²) >= 11 is 1.38. The Balaban J connectivity index is 2.20. The van der Waals surface area contributed by atoms with Crippen molar-refractivity contribution in [1.29, 1.82) is 0 Å². The van der Waals surface area contributed by atoms with Gasteiger partial charge in [0.2, 0.25) is 0 Å². The lowest BCUT2D eigenvalue weighted by atomic mass is 10.3. The van der Waals surface area contributed by atoms with Crippen LogP contribution < -0.4 is 14.3 Å². The van der Waals surface area contributed by atoms with E-state index in [1.807, 2.05) is 30.7 Å². The zero-order valence-electron chi connectivity index (χ0n) is 13.9. The molecule has 7 nitrogen and oxygen atoms in total. The maximum Gasteiger partial charge on any atom is 0.297 e. The first-order valence-electron chi connectivity index (χ1n) is 7.42. The molecular formula is C16H18N4O3S. The second-order valence-corrected chi connectivity index (χ2v) is 6.02. The van der Waals surface area contributed by atoms with Crippen molar-refractivity contribution >= 4 is 27.5 Å². The molecule has 0 radical (unpaired) electrons. The van der Waals surface area contributed by atoms with E-state index < -0.39 is 0 Å². The predicted octanol–water partition coefficient (Wildman–Crippen LogP) is 2.21. The van der Waals surface area contributed by atoms with Gasteiger partial charge in [0.25, 0.3) is 5.91 Å². The summed E-state index contributed by atoms with van der Waals surface area (Å²) in [6, 6.07) is 5.35. The number of benzene rings is 1. The van der Waals surface area contributed by atoms with Crippen molar-refractivity contribution in [2.24, 2.45) is 12.0 Å². The van der Waals surface area contributed by atoms with Crippen LogP contribution in [0.3, 0.4) is 0 Å². The summed E-state index contributed by atoms with van der Waals surface area (Å²) in [6.07, 6.45) is 1.60. The summed E-state index contributed by atoms with van der Waals surface area (Å²) in [5.74, 6) is 1.10. The molecule has 0 aliphatic carbocycles.